The van der Waals surface area contributed by atoms with Crippen LogP contribution in [0.25, 0.3) is 33.5 Å². The van der Waals surface area contributed by atoms with Crippen molar-refractivity contribution in [2.75, 3.05) is 27.9 Å². The molecule has 7 nitrogen and oxygen atoms in total. The molecule has 0 bridgehead atoms. The van der Waals surface area contributed by atoms with Gasteiger partial charge in [-0.05, 0) is 51.2 Å². The summed E-state index contributed by atoms with van der Waals surface area (Å²) in [5.74, 6) is 2.10. The van der Waals surface area contributed by atoms with Crippen molar-refractivity contribution in [2.45, 2.75) is 32.9 Å². The van der Waals surface area contributed by atoms with Crippen molar-refractivity contribution in [3.63, 3.8) is 0 Å². The smallest absolute Gasteiger partial charge is 0.297 e. The van der Waals surface area contributed by atoms with Crippen molar-refractivity contribution in [1.29, 1.82) is 0 Å². The van der Waals surface area contributed by atoms with E-state index in [0.717, 1.165) is 49.2 Å². The molecule has 0 atom stereocenters. The van der Waals surface area contributed by atoms with E-state index < -0.39 is 0 Å². The number of rotatable bonds is 9. The molecular weight excluding hydrogens is 532 g/mol. The van der Waals surface area contributed by atoms with Gasteiger partial charge in [-0.3, -0.25) is 4.57 Å². The molecule has 0 spiro atoms. The van der Waals surface area contributed by atoms with Crippen LogP contribution in [0.3, 0.4) is 0 Å². The van der Waals surface area contributed by atoms with Crippen molar-refractivity contribution in [3.05, 3.63) is 70.2 Å². The zero-order chi connectivity index (χ0) is 26.1. The molecule has 2 aromatic heterocycles. The second kappa shape index (κ2) is 10.6. The highest BCUT2D eigenvalue weighted by Crippen LogP contribution is 2.39. The van der Waals surface area contributed by atoms with Crippen LogP contribution < -0.4 is 9.47 Å². The average molecular weight is 563 g/mol. The third-order valence-electron chi connectivity index (χ3n) is 6.70. The first kappa shape index (κ1) is 25.3. The molecule has 0 amide bonds. The van der Waals surface area contributed by atoms with Gasteiger partial charge < -0.3 is 18.8 Å². The molecule has 0 saturated heterocycles. The van der Waals surface area contributed by atoms with Crippen LogP contribution in [0.5, 0.6) is 11.8 Å². The van der Waals surface area contributed by atoms with E-state index in [2.05, 4.69) is 74.2 Å². The fourth-order valence-electron chi connectivity index (χ4n) is 4.74. The molecule has 0 aliphatic heterocycles. The first-order valence-electron chi connectivity index (χ1n) is 12.3. The second-order valence-electron chi connectivity index (χ2n) is 9.28. The summed E-state index contributed by atoms with van der Waals surface area (Å²) >= 11 is 3.88. The van der Waals surface area contributed by atoms with E-state index in [1.54, 1.807) is 21.3 Å². The highest BCUT2D eigenvalue weighted by Gasteiger charge is 2.22. The van der Waals surface area contributed by atoms with Gasteiger partial charge in [-0.2, -0.15) is 4.98 Å². The summed E-state index contributed by atoms with van der Waals surface area (Å²) in [6.07, 6.45) is 0. The van der Waals surface area contributed by atoms with E-state index in [1.807, 2.05) is 24.3 Å². The summed E-state index contributed by atoms with van der Waals surface area (Å²) < 4.78 is 22.1. The van der Waals surface area contributed by atoms with Crippen LogP contribution in [0.4, 0.5) is 0 Å². The first-order chi connectivity index (χ1) is 18.0. The minimum Gasteiger partial charge on any atom is -0.494 e. The molecule has 3 aromatic carbocycles. The maximum absolute atomic E-state index is 5.93. The minimum atomic E-state index is 0.467. The quantitative estimate of drug-likeness (QED) is 0.201. The highest BCUT2D eigenvalue weighted by molar-refractivity contribution is 9.10. The van der Waals surface area contributed by atoms with Crippen LogP contribution in [-0.2, 0) is 17.8 Å². The zero-order valence-corrected chi connectivity index (χ0v) is 23.4. The Kier molecular flexibility index (Phi) is 7.22. The molecular formula is C29H31BrN4O3. The lowest BCUT2D eigenvalue weighted by atomic mass is 10.0. The number of imidazole rings is 2. The summed E-state index contributed by atoms with van der Waals surface area (Å²) in [4.78, 5) is 9.77. The molecule has 192 valence electrons. The molecule has 0 aliphatic rings. The number of methoxy groups -OCH3 is 3. The van der Waals surface area contributed by atoms with Crippen molar-refractivity contribution < 1.29 is 14.2 Å². The summed E-state index contributed by atoms with van der Waals surface area (Å²) in [5.41, 5.74) is 7.03. The predicted octanol–water partition coefficient (Wildman–Crippen LogP) is 6.65. The molecule has 0 unspecified atom stereocenters. The van der Waals surface area contributed by atoms with Crippen molar-refractivity contribution in [1.82, 2.24) is 19.1 Å². The van der Waals surface area contributed by atoms with Crippen LogP contribution in [0.2, 0.25) is 0 Å². The fraction of sp³-hybridized carbons (Fsp3) is 0.310. The summed E-state index contributed by atoms with van der Waals surface area (Å²) in [6, 6.07) is 19.3. The third-order valence-corrected chi connectivity index (χ3v) is 7.59. The Bertz CT molecular complexity index is 1550. The topological polar surface area (TPSA) is 63.3 Å². The van der Waals surface area contributed by atoms with Gasteiger partial charge >= 0.3 is 0 Å². The Labute approximate surface area is 225 Å². The van der Waals surface area contributed by atoms with Crippen molar-refractivity contribution in [3.8, 4) is 23.1 Å². The lowest BCUT2D eigenvalue weighted by molar-refractivity contribution is 0.188. The number of aromatic nitrogens is 4. The van der Waals surface area contributed by atoms with Gasteiger partial charge in [0.15, 0.2) is 0 Å². The van der Waals surface area contributed by atoms with E-state index in [1.165, 1.54) is 5.56 Å². The third kappa shape index (κ3) is 4.60. The largest absolute Gasteiger partial charge is 0.494 e. The number of fused-ring (bicyclic) bond motifs is 2. The van der Waals surface area contributed by atoms with Gasteiger partial charge in [-0.15, -0.1) is 0 Å². The fourth-order valence-corrected chi connectivity index (χ4v) is 5.25. The van der Waals surface area contributed by atoms with E-state index in [4.69, 9.17) is 19.2 Å². The van der Waals surface area contributed by atoms with Crippen LogP contribution in [0.1, 0.15) is 30.9 Å². The molecule has 37 heavy (non-hydrogen) atoms. The van der Waals surface area contributed by atoms with Gasteiger partial charge in [0.25, 0.3) is 6.01 Å². The maximum atomic E-state index is 5.93. The zero-order valence-electron chi connectivity index (χ0n) is 21.8. The Hall–Kier alpha value is -3.36. The second-order valence-corrected chi connectivity index (χ2v) is 10.1. The van der Waals surface area contributed by atoms with Gasteiger partial charge in [0.2, 0.25) is 0 Å². The number of ether oxygens (including phenoxy) is 3. The number of halogens is 1. The molecule has 8 heteroatoms. The van der Waals surface area contributed by atoms with Gasteiger partial charge in [-0.25, -0.2) is 4.98 Å². The number of benzene rings is 3. The standard InChI is InChI=1S/C29H31BrN4O3/c1-18(2)19-10-12-20(13-11-19)28-32-26-25(30)21(16-24(36-4)27(26)33(28)14-15-35-3)17-34-23-9-7-6-8-22(23)31-29(34)37-5/h6-13,16,18H,14-15,17H2,1-5H3. The molecule has 5 aromatic rings. The molecule has 0 aliphatic carbocycles. The predicted molar refractivity (Wildman–Crippen MR) is 151 cm³/mol. The van der Waals surface area contributed by atoms with E-state index in [0.29, 0.717) is 31.6 Å². The Morgan fingerprint density at radius 1 is 0.919 bits per heavy atom. The summed E-state index contributed by atoms with van der Waals surface area (Å²) in [5, 5.41) is 0. The molecule has 5 rings (SSSR count). The lowest BCUT2D eigenvalue weighted by Gasteiger charge is -2.14. The van der Waals surface area contributed by atoms with E-state index in [-0.39, 0.29) is 0 Å². The molecule has 0 N–H and O–H groups in total. The normalized spacial score (nSPS) is 11.6. The highest BCUT2D eigenvalue weighted by atomic mass is 79.9. The molecule has 2 heterocycles. The van der Waals surface area contributed by atoms with Crippen LogP contribution in [0, 0.1) is 0 Å². The summed E-state index contributed by atoms with van der Waals surface area (Å²) in [6.45, 7) is 6.15. The van der Waals surface area contributed by atoms with Crippen LogP contribution in [0.15, 0.2) is 59.1 Å². The molecule has 0 fully saturated rings. The van der Waals surface area contributed by atoms with E-state index >= 15 is 0 Å². The number of para-hydroxylation sites is 2. The summed E-state index contributed by atoms with van der Waals surface area (Å²) in [7, 11) is 5.06. The average Bonchev–Trinajstić information content (AvgIpc) is 3.48. The van der Waals surface area contributed by atoms with Crippen molar-refractivity contribution in [2.24, 2.45) is 0 Å². The lowest BCUT2D eigenvalue weighted by Crippen LogP contribution is -2.07. The SMILES string of the molecule is COCCn1c(-c2ccc(C(C)C)cc2)nc2c(Br)c(Cn3c(OC)nc4ccccc43)cc(OC)c21. The van der Waals surface area contributed by atoms with Crippen LogP contribution >= 0.6 is 15.9 Å². The van der Waals surface area contributed by atoms with Gasteiger partial charge in [-0.1, -0.05) is 50.2 Å². The Balaban J connectivity index is 1.68. The Morgan fingerprint density at radius 2 is 1.68 bits per heavy atom. The maximum Gasteiger partial charge on any atom is 0.297 e. The molecule has 0 radical (unpaired) electrons. The molecule has 0 saturated carbocycles. The Morgan fingerprint density at radius 3 is 2.35 bits per heavy atom. The minimum absolute atomic E-state index is 0.467. The van der Waals surface area contributed by atoms with Crippen molar-refractivity contribution >= 4 is 38.0 Å². The number of nitrogens with zero attached hydrogens (tertiary/aromatic N) is 4. The van der Waals surface area contributed by atoms with Gasteiger partial charge in [0.05, 0.1) is 42.9 Å². The van der Waals surface area contributed by atoms with E-state index in [9.17, 15) is 0 Å². The van der Waals surface area contributed by atoms with Gasteiger partial charge in [0.1, 0.15) is 22.6 Å². The monoisotopic (exact) mass is 562 g/mol. The van der Waals surface area contributed by atoms with Gasteiger partial charge in [0, 0.05) is 19.2 Å². The number of hydrogen-bond donors (Lipinski definition) is 0. The first-order valence-corrected chi connectivity index (χ1v) is 13.1. The van der Waals surface area contributed by atoms with Crippen LogP contribution in [-0.4, -0.2) is 47.0 Å². The number of hydrogen-bond acceptors (Lipinski definition) is 5.